The van der Waals surface area contributed by atoms with Gasteiger partial charge in [0.15, 0.2) is 0 Å². The molecule has 27 heavy (non-hydrogen) atoms. The van der Waals surface area contributed by atoms with Crippen LogP contribution in [0, 0.1) is 5.82 Å². The fourth-order valence-corrected chi connectivity index (χ4v) is 2.83. The molecule has 1 unspecified atom stereocenters. The monoisotopic (exact) mass is 366 g/mol. The van der Waals surface area contributed by atoms with Gasteiger partial charge in [0.2, 0.25) is 5.91 Å². The molecule has 0 radical (unpaired) electrons. The van der Waals surface area contributed by atoms with Gasteiger partial charge in [-0.2, -0.15) is 0 Å². The number of hydrogen-bond donors (Lipinski definition) is 2. The number of nitrogens with one attached hydrogen (secondary N) is 2. The second kappa shape index (κ2) is 8.31. The molecule has 2 N–H and O–H groups in total. The van der Waals surface area contributed by atoms with E-state index < -0.39 is 5.92 Å². The van der Waals surface area contributed by atoms with E-state index in [-0.39, 0.29) is 17.6 Å². The number of halogens is 1. The third kappa shape index (κ3) is 4.41. The molecule has 0 aliphatic heterocycles. The normalized spacial score (nSPS) is 11.6. The molecule has 0 saturated carbocycles. The molecule has 138 valence electrons. The molecule has 0 saturated heterocycles. The number of benzene rings is 2. The summed E-state index contributed by atoms with van der Waals surface area (Å²) < 4.78 is 18.7. The van der Waals surface area contributed by atoms with Gasteiger partial charge in [0, 0.05) is 13.5 Å². The van der Waals surface area contributed by atoms with Gasteiger partial charge >= 0.3 is 0 Å². The summed E-state index contributed by atoms with van der Waals surface area (Å²) in [5.41, 5.74) is 1.43. The van der Waals surface area contributed by atoms with Crippen molar-refractivity contribution in [3.8, 4) is 0 Å². The molecule has 3 rings (SSSR count). The van der Waals surface area contributed by atoms with Crippen molar-refractivity contribution in [3.05, 3.63) is 89.6 Å². The first kappa shape index (κ1) is 18.4. The fraction of sp³-hybridized carbons (Fsp3) is 0.143. The summed E-state index contributed by atoms with van der Waals surface area (Å²) in [6.45, 7) is 0. The molecule has 0 aliphatic carbocycles. The molecule has 6 heteroatoms. The van der Waals surface area contributed by atoms with E-state index in [9.17, 15) is 14.0 Å². The van der Waals surface area contributed by atoms with Crippen LogP contribution in [0.1, 0.15) is 27.6 Å². The maximum Gasteiger partial charge on any atom is 0.253 e. The smallest absolute Gasteiger partial charge is 0.253 e. The molecule has 2 amide bonds. The molecule has 1 heterocycles. The molecule has 0 aliphatic rings. The van der Waals surface area contributed by atoms with Crippen LogP contribution in [0.15, 0.2) is 71.3 Å². The number of rotatable bonds is 6. The van der Waals surface area contributed by atoms with Gasteiger partial charge < -0.3 is 15.1 Å². The third-order valence-electron chi connectivity index (χ3n) is 4.23. The number of amides is 2. The van der Waals surface area contributed by atoms with Crippen molar-refractivity contribution in [2.75, 3.05) is 12.4 Å². The van der Waals surface area contributed by atoms with Gasteiger partial charge in [-0.15, -0.1) is 0 Å². The number of furan rings is 1. The van der Waals surface area contributed by atoms with Gasteiger partial charge in [-0.05, 0) is 42.0 Å². The van der Waals surface area contributed by atoms with Crippen LogP contribution < -0.4 is 10.6 Å². The predicted molar refractivity (Wildman–Crippen MR) is 100 cm³/mol. The summed E-state index contributed by atoms with van der Waals surface area (Å²) in [5, 5.41) is 5.37. The van der Waals surface area contributed by atoms with Gasteiger partial charge in [0.05, 0.1) is 23.4 Å². The van der Waals surface area contributed by atoms with E-state index in [0.717, 1.165) is 0 Å². The average Bonchev–Trinajstić information content (AvgIpc) is 3.20. The SMILES string of the molecule is CNC(=O)c1ccccc1NC(=O)C(Cc1ccco1)c1ccc(F)cc1. The summed E-state index contributed by atoms with van der Waals surface area (Å²) in [7, 11) is 1.53. The number of anilines is 1. The van der Waals surface area contributed by atoms with E-state index in [1.54, 1.807) is 48.5 Å². The lowest BCUT2D eigenvalue weighted by atomic mass is 9.93. The molecule has 3 aromatic rings. The highest BCUT2D eigenvalue weighted by atomic mass is 19.1. The Morgan fingerprint density at radius 1 is 1.04 bits per heavy atom. The quantitative estimate of drug-likeness (QED) is 0.698. The fourth-order valence-electron chi connectivity index (χ4n) is 2.83. The number of carbonyl (C=O) groups excluding carboxylic acids is 2. The van der Waals surface area contributed by atoms with Crippen LogP contribution in [-0.4, -0.2) is 18.9 Å². The van der Waals surface area contributed by atoms with Gasteiger partial charge in [-0.3, -0.25) is 9.59 Å². The molecule has 0 spiro atoms. The predicted octanol–water partition coefficient (Wildman–Crippen LogP) is 3.74. The van der Waals surface area contributed by atoms with Crippen molar-refractivity contribution in [1.82, 2.24) is 5.32 Å². The Balaban J connectivity index is 1.89. The molecule has 5 nitrogen and oxygen atoms in total. The Morgan fingerprint density at radius 2 is 1.78 bits per heavy atom. The second-order valence-electron chi connectivity index (χ2n) is 6.00. The summed E-state index contributed by atoms with van der Waals surface area (Å²) in [6, 6.07) is 16.1. The first-order valence-electron chi connectivity index (χ1n) is 8.48. The van der Waals surface area contributed by atoms with Gasteiger partial charge in [0.25, 0.3) is 5.91 Å². The van der Waals surface area contributed by atoms with Crippen molar-refractivity contribution in [2.24, 2.45) is 0 Å². The molecular formula is C21H19FN2O3. The maximum absolute atomic E-state index is 13.3. The lowest BCUT2D eigenvalue weighted by molar-refractivity contribution is -0.117. The van der Waals surface area contributed by atoms with Gasteiger partial charge in [-0.25, -0.2) is 4.39 Å². The molecule has 1 aromatic heterocycles. The van der Waals surface area contributed by atoms with Gasteiger partial charge in [-0.1, -0.05) is 24.3 Å². The van der Waals surface area contributed by atoms with Crippen LogP contribution in [-0.2, 0) is 11.2 Å². The van der Waals surface area contributed by atoms with Crippen molar-refractivity contribution >= 4 is 17.5 Å². The molecule has 1 atom stereocenters. The van der Waals surface area contributed by atoms with Crippen molar-refractivity contribution in [3.63, 3.8) is 0 Å². The summed E-state index contributed by atoms with van der Waals surface area (Å²) in [4.78, 5) is 25.0. The van der Waals surface area contributed by atoms with E-state index in [1.807, 2.05) is 0 Å². The number of hydrogen-bond acceptors (Lipinski definition) is 3. The number of carbonyl (C=O) groups is 2. The van der Waals surface area contributed by atoms with E-state index >= 15 is 0 Å². The van der Waals surface area contributed by atoms with Crippen LogP contribution in [0.3, 0.4) is 0 Å². The Kier molecular flexibility index (Phi) is 5.66. The van der Waals surface area contributed by atoms with Gasteiger partial charge in [0.1, 0.15) is 11.6 Å². The van der Waals surface area contributed by atoms with Crippen LogP contribution in [0.25, 0.3) is 0 Å². The zero-order valence-corrected chi connectivity index (χ0v) is 14.7. The van der Waals surface area contributed by atoms with Crippen molar-refractivity contribution < 1.29 is 18.4 Å². The minimum Gasteiger partial charge on any atom is -0.469 e. The van der Waals surface area contributed by atoms with Crippen molar-refractivity contribution in [2.45, 2.75) is 12.3 Å². The second-order valence-corrected chi connectivity index (χ2v) is 6.00. The van der Waals surface area contributed by atoms with Crippen LogP contribution >= 0.6 is 0 Å². The minimum absolute atomic E-state index is 0.296. The molecular weight excluding hydrogens is 347 g/mol. The lowest BCUT2D eigenvalue weighted by Crippen LogP contribution is -2.26. The van der Waals surface area contributed by atoms with E-state index in [2.05, 4.69) is 10.6 Å². The third-order valence-corrected chi connectivity index (χ3v) is 4.23. The maximum atomic E-state index is 13.3. The summed E-state index contributed by atoms with van der Waals surface area (Å²) in [6.07, 6.45) is 1.85. The Morgan fingerprint density at radius 3 is 2.44 bits per heavy atom. The summed E-state index contributed by atoms with van der Waals surface area (Å²) >= 11 is 0. The topological polar surface area (TPSA) is 71.3 Å². The standard InChI is InChI=1S/C21H19FN2O3/c1-23-20(25)17-6-2-3-7-19(17)24-21(26)18(13-16-5-4-12-27-16)14-8-10-15(22)11-9-14/h2-12,18H,13H2,1H3,(H,23,25)(H,24,26). The first-order chi connectivity index (χ1) is 13.1. The lowest BCUT2D eigenvalue weighted by Gasteiger charge is -2.18. The Hall–Kier alpha value is -3.41. The Labute approximate surface area is 156 Å². The molecule has 0 bridgehead atoms. The van der Waals surface area contributed by atoms with Crippen LogP contribution in [0.5, 0.6) is 0 Å². The number of para-hydroxylation sites is 1. The van der Waals surface area contributed by atoms with E-state index in [1.165, 1.54) is 25.4 Å². The zero-order valence-electron chi connectivity index (χ0n) is 14.7. The van der Waals surface area contributed by atoms with E-state index in [0.29, 0.717) is 29.0 Å². The summed E-state index contributed by atoms with van der Waals surface area (Å²) in [5.74, 6) is -0.945. The molecule has 0 fully saturated rings. The van der Waals surface area contributed by atoms with Crippen LogP contribution in [0.4, 0.5) is 10.1 Å². The zero-order chi connectivity index (χ0) is 19.2. The van der Waals surface area contributed by atoms with Crippen molar-refractivity contribution in [1.29, 1.82) is 0 Å². The highest BCUT2D eigenvalue weighted by Crippen LogP contribution is 2.25. The minimum atomic E-state index is -0.602. The average molecular weight is 366 g/mol. The highest BCUT2D eigenvalue weighted by Gasteiger charge is 2.24. The van der Waals surface area contributed by atoms with E-state index in [4.69, 9.17) is 4.42 Å². The molecule has 2 aromatic carbocycles. The van der Waals surface area contributed by atoms with Crippen LogP contribution in [0.2, 0.25) is 0 Å². The largest absolute Gasteiger partial charge is 0.469 e. The first-order valence-corrected chi connectivity index (χ1v) is 8.48. The highest BCUT2D eigenvalue weighted by molar-refractivity contribution is 6.05. The Bertz CT molecular complexity index is 921.